The van der Waals surface area contributed by atoms with Gasteiger partial charge in [-0.05, 0) is 44.2 Å². The minimum atomic E-state index is -0.465. The van der Waals surface area contributed by atoms with Gasteiger partial charge in [-0.1, -0.05) is 0 Å². The highest BCUT2D eigenvalue weighted by molar-refractivity contribution is 5.95. The summed E-state index contributed by atoms with van der Waals surface area (Å²) in [5.74, 6) is 0.0927. The standard InChI is InChI=1S/C22H25N5O2/c1-15-10-26(18-5-4-16(9-23)20-17(18)3-2-7-25-20)11-19(29-15)21(28)27-13-22(14-27)6-8-24-12-22/h2-5,7,15,19,24H,6,8,10-14H2,1H3/t15-,19-/m1/s1. The molecule has 1 amide bonds. The van der Waals surface area contributed by atoms with Crippen molar-refractivity contribution in [2.45, 2.75) is 25.6 Å². The van der Waals surface area contributed by atoms with Crippen LogP contribution in [0.3, 0.4) is 0 Å². The van der Waals surface area contributed by atoms with Gasteiger partial charge in [-0.25, -0.2) is 0 Å². The molecule has 1 spiro atoms. The molecule has 29 heavy (non-hydrogen) atoms. The molecule has 0 aliphatic carbocycles. The number of carbonyl (C=O) groups is 1. The van der Waals surface area contributed by atoms with Crippen LogP contribution in [0.2, 0.25) is 0 Å². The van der Waals surface area contributed by atoms with Crippen molar-refractivity contribution in [3.05, 3.63) is 36.0 Å². The third-order valence-corrected chi connectivity index (χ3v) is 6.44. The highest BCUT2D eigenvalue weighted by Gasteiger charge is 2.48. The lowest BCUT2D eigenvalue weighted by Crippen LogP contribution is -2.64. The number of nitriles is 1. The predicted octanol–water partition coefficient (Wildman–Crippen LogP) is 1.52. The summed E-state index contributed by atoms with van der Waals surface area (Å²) in [5, 5.41) is 13.7. The number of benzene rings is 1. The van der Waals surface area contributed by atoms with Crippen LogP contribution in [-0.4, -0.2) is 67.3 Å². The SMILES string of the molecule is C[C@@H]1CN(c2ccc(C#N)c3ncccc23)C[C@H](C(=O)N2CC3(CCNC3)C2)O1. The summed E-state index contributed by atoms with van der Waals surface area (Å²) in [6.45, 7) is 6.94. The Hall–Kier alpha value is -2.69. The zero-order chi connectivity index (χ0) is 20.0. The van der Waals surface area contributed by atoms with Gasteiger partial charge in [0.1, 0.15) is 6.07 Å². The number of rotatable bonds is 2. The van der Waals surface area contributed by atoms with E-state index in [9.17, 15) is 10.1 Å². The van der Waals surface area contributed by atoms with E-state index in [0.717, 1.165) is 43.7 Å². The molecule has 1 N–H and O–H groups in total. The third kappa shape index (κ3) is 3.13. The van der Waals surface area contributed by atoms with Crippen molar-refractivity contribution in [2.75, 3.05) is 44.2 Å². The van der Waals surface area contributed by atoms with Crippen molar-refractivity contribution in [1.82, 2.24) is 15.2 Å². The quantitative estimate of drug-likeness (QED) is 0.836. The Balaban J connectivity index is 1.38. The third-order valence-electron chi connectivity index (χ3n) is 6.44. The maximum absolute atomic E-state index is 13.1. The van der Waals surface area contributed by atoms with Gasteiger partial charge < -0.3 is 19.9 Å². The van der Waals surface area contributed by atoms with Gasteiger partial charge in [0, 0.05) is 48.9 Å². The molecule has 3 aliphatic heterocycles. The molecule has 7 heteroatoms. The summed E-state index contributed by atoms with van der Waals surface area (Å²) in [6.07, 6.45) is 2.34. The Labute approximate surface area is 170 Å². The van der Waals surface area contributed by atoms with Gasteiger partial charge in [0.05, 0.1) is 23.7 Å². The van der Waals surface area contributed by atoms with Crippen molar-refractivity contribution in [3.8, 4) is 6.07 Å². The number of hydrogen-bond acceptors (Lipinski definition) is 6. The summed E-state index contributed by atoms with van der Waals surface area (Å²) in [5.41, 5.74) is 2.55. The Morgan fingerprint density at radius 1 is 1.34 bits per heavy atom. The molecule has 1 aromatic heterocycles. The fraction of sp³-hybridized carbons (Fsp3) is 0.500. The van der Waals surface area contributed by atoms with Crippen LogP contribution in [-0.2, 0) is 9.53 Å². The van der Waals surface area contributed by atoms with Crippen molar-refractivity contribution in [1.29, 1.82) is 5.26 Å². The first kappa shape index (κ1) is 18.3. The van der Waals surface area contributed by atoms with Crippen LogP contribution in [0, 0.1) is 16.7 Å². The number of likely N-dealkylation sites (tertiary alicyclic amines) is 1. The van der Waals surface area contributed by atoms with Crippen LogP contribution in [0.4, 0.5) is 5.69 Å². The van der Waals surface area contributed by atoms with Crippen molar-refractivity contribution >= 4 is 22.5 Å². The number of pyridine rings is 1. The first-order valence-corrected chi connectivity index (χ1v) is 10.3. The van der Waals surface area contributed by atoms with E-state index < -0.39 is 6.10 Å². The van der Waals surface area contributed by atoms with Crippen molar-refractivity contribution in [2.24, 2.45) is 5.41 Å². The normalized spacial score (nSPS) is 25.8. The summed E-state index contributed by atoms with van der Waals surface area (Å²) < 4.78 is 6.05. The van der Waals surface area contributed by atoms with E-state index in [1.54, 1.807) is 6.20 Å². The Morgan fingerprint density at radius 3 is 2.97 bits per heavy atom. The van der Waals surface area contributed by atoms with E-state index in [1.165, 1.54) is 0 Å². The smallest absolute Gasteiger partial charge is 0.253 e. The highest BCUT2D eigenvalue weighted by Crippen LogP contribution is 2.37. The molecule has 3 aliphatic rings. The molecule has 7 nitrogen and oxygen atoms in total. The van der Waals surface area contributed by atoms with E-state index in [2.05, 4.69) is 21.3 Å². The van der Waals surface area contributed by atoms with Gasteiger partial charge in [-0.2, -0.15) is 5.26 Å². The predicted molar refractivity (Wildman–Crippen MR) is 110 cm³/mol. The molecule has 1 aromatic carbocycles. The van der Waals surface area contributed by atoms with E-state index in [0.29, 0.717) is 24.2 Å². The second-order valence-corrected chi connectivity index (χ2v) is 8.61. The molecule has 0 bridgehead atoms. The molecular formula is C22H25N5O2. The Bertz CT molecular complexity index is 986. The first-order chi connectivity index (χ1) is 14.1. The van der Waals surface area contributed by atoms with E-state index in [4.69, 9.17) is 4.74 Å². The Morgan fingerprint density at radius 2 is 2.21 bits per heavy atom. The lowest BCUT2D eigenvalue weighted by atomic mass is 9.79. The highest BCUT2D eigenvalue weighted by atomic mass is 16.5. The van der Waals surface area contributed by atoms with Gasteiger partial charge >= 0.3 is 0 Å². The molecule has 5 rings (SSSR count). The van der Waals surface area contributed by atoms with Crippen LogP contribution in [0.5, 0.6) is 0 Å². The molecule has 3 saturated heterocycles. The Kier molecular flexibility index (Phi) is 4.41. The maximum atomic E-state index is 13.1. The monoisotopic (exact) mass is 391 g/mol. The van der Waals surface area contributed by atoms with Crippen LogP contribution in [0.1, 0.15) is 18.9 Å². The average Bonchev–Trinajstić information content (AvgIpc) is 3.21. The zero-order valence-electron chi connectivity index (χ0n) is 16.6. The van der Waals surface area contributed by atoms with Gasteiger partial charge in [0.25, 0.3) is 5.91 Å². The number of fused-ring (bicyclic) bond motifs is 1. The van der Waals surface area contributed by atoms with Gasteiger partial charge in [0.2, 0.25) is 0 Å². The lowest BCUT2D eigenvalue weighted by Gasteiger charge is -2.50. The fourth-order valence-corrected chi connectivity index (χ4v) is 5.00. The molecule has 0 unspecified atom stereocenters. The summed E-state index contributed by atoms with van der Waals surface area (Å²) in [4.78, 5) is 21.7. The first-order valence-electron chi connectivity index (χ1n) is 10.3. The largest absolute Gasteiger partial charge is 0.365 e. The minimum Gasteiger partial charge on any atom is -0.365 e. The molecule has 0 radical (unpaired) electrons. The van der Waals surface area contributed by atoms with Gasteiger partial charge in [-0.15, -0.1) is 0 Å². The number of nitrogens with one attached hydrogen (secondary N) is 1. The van der Waals surface area contributed by atoms with E-state index >= 15 is 0 Å². The number of hydrogen-bond donors (Lipinski definition) is 1. The fourth-order valence-electron chi connectivity index (χ4n) is 5.00. The van der Waals surface area contributed by atoms with Crippen LogP contribution in [0.15, 0.2) is 30.5 Å². The van der Waals surface area contributed by atoms with Gasteiger partial charge in [0.15, 0.2) is 6.10 Å². The minimum absolute atomic E-state index is 0.0524. The van der Waals surface area contributed by atoms with E-state index in [-0.39, 0.29) is 17.4 Å². The van der Waals surface area contributed by atoms with Crippen LogP contribution < -0.4 is 10.2 Å². The van der Waals surface area contributed by atoms with Crippen molar-refractivity contribution in [3.63, 3.8) is 0 Å². The number of carbonyl (C=O) groups excluding carboxylic acids is 1. The number of morpholine rings is 1. The molecule has 4 heterocycles. The van der Waals surface area contributed by atoms with Crippen LogP contribution >= 0.6 is 0 Å². The van der Waals surface area contributed by atoms with Crippen LogP contribution in [0.25, 0.3) is 10.9 Å². The second-order valence-electron chi connectivity index (χ2n) is 8.61. The van der Waals surface area contributed by atoms with E-state index in [1.807, 2.05) is 36.1 Å². The zero-order valence-corrected chi connectivity index (χ0v) is 16.6. The molecule has 2 atom stereocenters. The molecule has 0 saturated carbocycles. The topological polar surface area (TPSA) is 81.5 Å². The molecule has 150 valence electrons. The number of amides is 1. The summed E-state index contributed by atoms with van der Waals surface area (Å²) >= 11 is 0. The summed E-state index contributed by atoms with van der Waals surface area (Å²) in [6, 6.07) is 9.87. The molecular weight excluding hydrogens is 366 g/mol. The van der Waals surface area contributed by atoms with Crippen molar-refractivity contribution < 1.29 is 9.53 Å². The number of anilines is 1. The number of nitrogens with zero attached hydrogens (tertiary/aromatic N) is 4. The number of ether oxygens (including phenoxy) is 1. The average molecular weight is 391 g/mol. The van der Waals surface area contributed by atoms with Gasteiger partial charge in [-0.3, -0.25) is 9.78 Å². The molecule has 2 aromatic rings. The number of aromatic nitrogens is 1. The lowest BCUT2D eigenvalue weighted by molar-refractivity contribution is -0.159. The molecule has 3 fully saturated rings. The maximum Gasteiger partial charge on any atom is 0.253 e. The summed E-state index contributed by atoms with van der Waals surface area (Å²) in [7, 11) is 0. The second kappa shape index (κ2) is 6.97.